The minimum absolute atomic E-state index is 0.0381. The molecule has 1 aromatic carbocycles. The van der Waals surface area contributed by atoms with E-state index in [1.807, 2.05) is 6.07 Å². The first-order valence-electron chi connectivity index (χ1n) is 5.32. The molecular formula is C12H11N3O2S. The molecule has 0 aliphatic rings. The Hall–Kier alpha value is -2.13. The Morgan fingerprint density at radius 2 is 2.17 bits per heavy atom. The highest BCUT2D eigenvalue weighted by Crippen LogP contribution is 2.13. The van der Waals surface area contributed by atoms with E-state index in [1.165, 1.54) is 12.1 Å². The summed E-state index contributed by atoms with van der Waals surface area (Å²) in [6.07, 6.45) is 3.31. The zero-order valence-electron chi connectivity index (χ0n) is 9.52. The minimum Gasteiger partial charge on any atom is -0.272 e. The molecule has 0 saturated carbocycles. The predicted molar refractivity (Wildman–Crippen MR) is 65.4 cm³/mol. The quantitative estimate of drug-likeness (QED) is 0.829. The third-order valence-electron chi connectivity index (χ3n) is 2.47. The van der Waals surface area contributed by atoms with Gasteiger partial charge in [-0.2, -0.15) is 10.4 Å². The van der Waals surface area contributed by atoms with Crippen molar-refractivity contribution in [1.29, 1.82) is 5.26 Å². The van der Waals surface area contributed by atoms with Crippen LogP contribution in [-0.2, 0) is 16.4 Å². The first-order valence-corrected chi connectivity index (χ1v) is 6.97. The fraction of sp³-hybridized carbons (Fsp3) is 0.167. The van der Waals surface area contributed by atoms with Gasteiger partial charge in [0, 0.05) is 12.4 Å². The van der Waals surface area contributed by atoms with Crippen molar-refractivity contribution in [2.24, 2.45) is 0 Å². The number of nitriles is 1. The lowest BCUT2D eigenvalue weighted by molar-refractivity contribution is 0.580. The normalized spacial score (nSPS) is 11.1. The number of aromatic nitrogens is 2. The number of aryl methyl sites for hydroxylation is 1. The van der Waals surface area contributed by atoms with Crippen molar-refractivity contribution in [3.8, 4) is 6.07 Å². The Labute approximate surface area is 105 Å². The maximum Gasteiger partial charge on any atom is 0.180 e. The molecule has 1 aromatic heterocycles. The SMILES string of the molecule is N#Cc1cccc(S(=O)(=O)CCn2cccn2)c1. The molecule has 6 heteroatoms. The fourth-order valence-electron chi connectivity index (χ4n) is 1.52. The van der Waals surface area contributed by atoms with Crippen LogP contribution in [0.15, 0.2) is 47.6 Å². The van der Waals surface area contributed by atoms with Crippen molar-refractivity contribution in [1.82, 2.24) is 9.78 Å². The second-order valence-electron chi connectivity index (χ2n) is 3.73. The monoisotopic (exact) mass is 261 g/mol. The van der Waals surface area contributed by atoms with Gasteiger partial charge < -0.3 is 0 Å². The summed E-state index contributed by atoms with van der Waals surface area (Å²) in [5, 5.41) is 12.7. The maximum atomic E-state index is 12.0. The van der Waals surface area contributed by atoms with Gasteiger partial charge in [-0.25, -0.2) is 8.42 Å². The van der Waals surface area contributed by atoms with E-state index in [-0.39, 0.29) is 10.6 Å². The molecule has 0 atom stereocenters. The van der Waals surface area contributed by atoms with E-state index >= 15 is 0 Å². The van der Waals surface area contributed by atoms with Gasteiger partial charge >= 0.3 is 0 Å². The van der Waals surface area contributed by atoms with Crippen LogP contribution in [0, 0.1) is 11.3 Å². The second kappa shape index (κ2) is 5.02. The van der Waals surface area contributed by atoms with Crippen molar-refractivity contribution < 1.29 is 8.42 Å². The highest BCUT2D eigenvalue weighted by Gasteiger charge is 2.14. The van der Waals surface area contributed by atoms with Gasteiger partial charge in [-0.05, 0) is 24.3 Å². The van der Waals surface area contributed by atoms with Crippen LogP contribution in [0.1, 0.15) is 5.56 Å². The molecule has 0 radical (unpaired) electrons. The molecule has 0 spiro atoms. The molecule has 0 bridgehead atoms. The molecule has 5 nitrogen and oxygen atoms in total. The van der Waals surface area contributed by atoms with Gasteiger partial charge in [0.05, 0.1) is 28.8 Å². The molecule has 2 aromatic rings. The van der Waals surface area contributed by atoms with E-state index < -0.39 is 9.84 Å². The molecule has 92 valence electrons. The lowest BCUT2D eigenvalue weighted by atomic mass is 10.2. The highest BCUT2D eigenvalue weighted by atomic mass is 32.2. The number of rotatable bonds is 4. The van der Waals surface area contributed by atoms with Gasteiger partial charge in [-0.3, -0.25) is 4.68 Å². The van der Waals surface area contributed by atoms with E-state index in [0.29, 0.717) is 12.1 Å². The summed E-state index contributed by atoms with van der Waals surface area (Å²) < 4.78 is 25.7. The van der Waals surface area contributed by atoms with Crippen molar-refractivity contribution >= 4 is 9.84 Å². The molecule has 0 saturated heterocycles. The van der Waals surface area contributed by atoms with Crippen LogP contribution in [0.25, 0.3) is 0 Å². The summed E-state index contributed by atoms with van der Waals surface area (Å²) in [7, 11) is -3.38. The van der Waals surface area contributed by atoms with Gasteiger partial charge in [0.1, 0.15) is 0 Å². The Balaban J connectivity index is 2.18. The highest BCUT2D eigenvalue weighted by molar-refractivity contribution is 7.91. The summed E-state index contributed by atoms with van der Waals surface area (Å²) in [5.41, 5.74) is 0.343. The molecule has 18 heavy (non-hydrogen) atoms. The minimum atomic E-state index is -3.38. The van der Waals surface area contributed by atoms with E-state index in [4.69, 9.17) is 5.26 Å². The Kier molecular flexibility index (Phi) is 3.44. The van der Waals surface area contributed by atoms with Crippen LogP contribution >= 0.6 is 0 Å². The maximum absolute atomic E-state index is 12.0. The summed E-state index contributed by atoms with van der Waals surface area (Å²) in [5.74, 6) is -0.0381. The topological polar surface area (TPSA) is 75.8 Å². The average molecular weight is 261 g/mol. The van der Waals surface area contributed by atoms with Crippen LogP contribution in [0.2, 0.25) is 0 Å². The molecule has 1 heterocycles. The summed E-state index contributed by atoms with van der Waals surface area (Å²) in [6, 6.07) is 9.70. The number of benzene rings is 1. The fourth-order valence-corrected chi connectivity index (χ4v) is 2.78. The Bertz CT molecular complexity index is 670. The van der Waals surface area contributed by atoms with Crippen molar-refractivity contribution in [2.75, 3.05) is 5.75 Å². The van der Waals surface area contributed by atoms with Crippen LogP contribution in [0.5, 0.6) is 0 Å². The van der Waals surface area contributed by atoms with E-state index in [9.17, 15) is 8.42 Å². The molecule has 0 aliphatic heterocycles. The molecule has 2 rings (SSSR count). The second-order valence-corrected chi connectivity index (χ2v) is 5.84. The zero-order valence-corrected chi connectivity index (χ0v) is 10.3. The van der Waals surface area contributed by atoms with E-state index in [1.54, 1.807) is 35.3 Å². The van der Waals surface area contributed by atoms with Crippen LogP contribution in [-0.4, -0.2) is 24.0 Å². The molecule has 0 amide bonds. The summed E-state index contributed by atoms with van der Waals surface area (Å²) >= 11 is 0. The van der Waals surface area contributed by atoms with Crippen molar-refractivity contribution in [2.45, 2.75) is 11.4 Å². The van der Waals surface area contributed by atoms with Gasteiger partial charge in [0.2, 0.25) is 0 Å². The average Bonchev–Trinajstić information content (AvgIpc) is 2.90. The van der Waals surface area contributed by atoms with E-state index in [2.05, 4.69) is 5.10 Å². The Morgan fingerprint density at radius 3 is 2.83 bits per heavy atom. The summed E-state index contributed by atoms with van der Waals surface area (Å²) in [4.78, 5) is 0.175. The first kappa shape index (κ1) is 12.3. The number of hydrogen-bond donors (Lipinski definition) is 0. The van der Waals surface area contributed by atoms with Crippen LogP contribution in [0.3, 0.4) is 0 Å². The first-order chi connectivity index (χ1) is 8.62. The number of sulfone groups is 1. The van der Waals surface area contributed by atoms with Gasteiger partial charge in [-0.15, -0.1) is 0 Å². The number of hydrogen-bond acceptors (Lipinski definition) is 4. The van der Waals surface area contributed by atoms with Gasteiger partial charge in [0.15, 0.2) is 9.84 Å². The predicted octanol–water partition coefficient (Wildman–Crippen LogP) is 1.23. The van der Waals surface area contributed by atoms with Crippen molar-refractivity contribution in [3.63, 3.8) is 0 Å². The van der Waals surface area contributed by atoms with Crippen LogP contribution in [0.4, 0.5) is 0 Å². The molecular weight excluding hydrogens is 250 g/mol. The largest absolute Gasteiger partial charge is 0.272 e. The van der Waals surface area contributed by atoms with Crippen LogP contribution < -0.4 is 0 Å². The molecule has 0 fully saturated rings. The molecule has 0 aliphatic carbocycles. The number of nitrogens with zero attached hydrogens (tertiary/aromatic N) is 3. The van der Waals surface area contributed by atoms with Gasteiger partial charge in [0.25, 0.3) is 0 Å². The summed E-state index contributed by atoms with van der Waals surface area (Å²) in [6.45, 7) is 0.298. The zero-order chi connectivity index (χ0) is 13.0. The molecule has 0 N–H and O–H groups in total. The third kappa shape index (κ3) is 2.76. The smallest absolute Gasteiger partial charge is 0.180 e. The van der Waals surface area contributed by atoms with Gasteiger partial charge in [-0.1, -0.05) is 6.07 Å². The van der Waals surface area contributed by atoms with Crippen molar-refractivity contribution in [3.05, 3.63) is 48.3 Å². The third-order valence-corrected chi connectivity index (χ3v) is 4.16. The lowest BCUT2D eigenvalue weighted by Crippen LogP contribution is -2.13. The lowest BCUT2D eigenvalue weighted by Gasteiger charge is -2.05. The van der Waals surface area contributed by atoms with E-state index in [0.717, 1.165) is 0 Å². The Morgan fingerprint density at radius 1 is 1.33 bits per heavy atom. The molecule has 0 unspecified atom stereocenters. The standard InChI is InChI=1S/C12H11N3O2S/c13-10-11-3-1-4-12(9-11)18(16,17)8-7-15-6-2-5-14-15/h1-6,9H,7-8H2.